The Morgan fingerprint density at radius 2 is 1.92 bits per heavy atom. The van der Waals surface area contributed by atoms with Gasteiger partial charge in [-0.2, -0.15) is 4.80 Å². The molecule has 2 aromatic heterocycles. The van der Waals surface area contributed by atoms with Gasteiger partial charge in [-0.15, -0.1) is 10.2 Å². The van der Waals surface area contributed by atoms with Gasteiger partial charge in [0.15, 0.2) is 5.76 Å². The van der Waals surface area contributed by atoms with Gasteiger partial charge in [0.25, 0.3) is 0 Å². The molecule has 11 nitrogen and oxygen atoms in total. The zero-order valence-corrected chi connectivity index (χ0v) is 20.9. The minimum atomic E-state index is -0.895. The predicted molar refractivity (Wildman–Crippen MR) is 132 cm³/mol. The van der Waals surface area contributed by atoms with Crippen molar-refractivity contribution in [3.05, 3.63) is 47.7 Å². The van der Waals surface area contributed by atoms with Crippen LogP contribution in [0, 0.1) is 6.92 Å². The molecule has 2 atom stereocenters. The topological polar surface area (TPSA) is 136 Å². The van der Waals surface area contributed by atoms with Crippen molar-refractivity contribution in [3.63, 3.8) is 0 Å². The molecular weight excluding hydrogens is 476 g/mol. The van der Waals surface area contributed by atoms with E-state index < -0.39 is 6.04 Å². The summed E-state index contributed by atoms with van der Waals surface area (Å²) in [6.07, 6.45) is 5.53. The van der Waals surface area contributed by atoms with Gasteiger partial charge < -0.3 is 24.5 Å². The van der Waals surface area contributed by atoms with Crippen molar-refractivity contribution in [2.75, 3.05) is 13.2 Å². The summed E-state index contributed by atoms with van der Waals surface area (Å²) in [5, 5.41) is 25.3. The zero-order chi connectivity index (χ0) is 25.8. The van der Waals surface area contributed by atoms with Gasteiger partial charge in [0, 0.05) is 19.2 Å². The molecule has 0 radical (unpaired) electrons. The lowest BCUT2D eigenvalue weighted by atomic mass is 10.0. The second-order valence-electron chi connectivity index (χ2n) is 9.72. The van der Waals surface area contributed by atoms with Crippen molar-refractivity contribution in [2.24, 2.45) is 0 Å². The van der Waals surface area contributed by atoms with E-state index in [2.05, 4.69) is 20.7 Å². The fraction of sp³-hybridized carbons (Fsp3) is 0.500. The number of amides is 2. The lowest BCUT2D eigenvalue weighted by Crippen LogP contribution is -2.49. The number of aryl methyl sites for hydroxylation is 1. The molecular formula is C26H32N6O5. The van der Waals surface area contributed by atoms with Crippen LogP contribution in [-0.2, 0) is 20.9 Å². The van der Waals surface area contributed by atoms with Crippen molar-refractivity contribution < 1.29 is 23.8 Å². The third-order valence-corrected chi connectivity index (χ3v) is 6.91. The summed E-state index contributed by atoms with van der Waals surface area (Å²) >= 11 is 0. The summed E-state index contributed by atoms with van der Waals surface area (Å²) in [6, 6.07) is 9.14. The standard InChI is InChI=1S/C26H32N6O5/c1-17-8-13-22(37-17)25-28-30-32(29-25)16-23(34)31(15-21-7-4-14-36-21)24(18-9-11-20(33)12-10-18)26(35)27-19-5-2-3-6-19/h8-13,19,21,24,33H,2-7,14-16H2,1H3,(H,27,35)/t21-,24-/m0/s1. The number of nitrogens with zero attached hydrogens (tertiary/aromatic N) is 5. The third kappa shape index (κ3) is 5.99. The number of hydrogen-bond acceptors (Lipinski definition) is 8. The van der Waals surface area contributed by atoms with Crippen LogP contribution in [0.1, 0.15) is 55.9 Å². The molecule has 1 aromatic carbocycles. The van der Waals surface area contributed by atoms with Crippen molar-refractivity contribution in [1.29, 1.82) is 0 Å². The van der Waals surface area contributed by atoms with E-state index in [-0.39, 0.29) is 48.6 Å². The van der Waals surface area contributed by atoms with E-state index in [9.17, 15) is 14.7 Å². The number of carbonyl (C=O) groups is 2. The number of furan rings is 1. The van der Waals surface area contributed by atoms with Crippen LogP contribution in [0.2, 0.25) is 0 Å². The maximum absolute atomic E-state index is 13.8. The number of rotatable bonds is 9. The minimum Gasteiger partial charge on any atom is -0.508 e. The SMILES string of the molecule is Cc1ccc(-c2nnn(CC(=O)N(C[C@@H]3CCCO3)[C@H](C(=O)NC3CCCC3)c3ccc(O)cc3)n2)o1. The average Bonchev–Trinajstić information content (AvgIpc) is 3.69. The Hall–Kier alpha value is -3.73. The molecule has 11 heteroatoms. The van der Waals surface area contributed by atoms with Crippen molar-refractivity contribution in [1.82, 2.24) is 30.4 Å². The Morgan fingerprint density at radius 1 is 1.14 bits per heavy atom. The third-order valence-electron chi connectivity index (χ3n) is 6.91. The van der Waals surface area contributed by atoms with E-state index in [0.29, 0.717) is 17.9 Å². The number of phenolic OH excluding ortho intramolecular Hbond substituents is 1. The lowest BCUT2D eigenvalue weighted by Gasteiger charge is -2.33. The Balaban J connectivity index is 1.42. The van der Waals surface area contributed by atoms with E-state index >= 15 is 0 Å². The molecule has 5 rings (SSSR count). The van der Waals surface area contributed by atoms with E-state index in [0.717, 1.165) is 44.3 Å². The molecule has 1 aliphatic carbocycles. The van der Waals surface area contributed by atoms with Crippen LogP contribution < -0.4 is 5.32 Å². The molecule has 2 amide bonds. The number of aromatic hydroxyl groups is 1. The summed E-state index contributed by atoms with van der Waals surface area (Å²) in [7, 11) is 0. The first-order valence-electron chi connectivity index (χ1n) is 12.8. The zero-order valence-electron chi connectivity index (χ0n) is 20.9. The molecule has 0 spiro atoms. The molecule has 2 aliphatic rings. The van der Waals surface area contributed by atoms with Crippen molar-refractivity contribution in [3.8, 4) is 17.3 Å². The normalized spacial score (nSPS) is 18.7. The van der Waals surface area contributed by atoms with Crippen LogP contribution in [-0.4, -0.2) is 67.3 Å². The average molecular weight is 509 g/mol. The van der Waals surface area contributed by atoms with E-state index in [1.165, 1.54) is 16.9 Å². The largest absolute Gasteiger partial charge is 0.508 e. The van der Waals surface area contributed by atoms with Gasteiger partial charge in [-0.3, -0.25) is 9.59 Å². The highest BCUT2D eigenvalue weighted by atomic mass is 16.5. The van der Waals surface area contributed by atoms with Crippen LogP contribution in [0.25, 0.3) is 11.6 Å². The molecule has 2 N–H and O–H groups in total. The van der Waals surface area contributed by atoms with E-state index in [4.69, 9.17) is 9.15 Å². The van der Waals surface area contributed by atoms with Gasteiger partial charge in [-0.1, -0.05) is 25.0 Å². The number of hydrogen-bond donors (Lipinski definition) is 2. The Labute approximate surface area is 214 Å². The van der Waals surface area contributed by atoms with Crippen LogP contribution in [0.4, 0.5) is 0 Å². The molecule has 37 heavy (non-hydrogen) atoms. The monoisotopic (exact) mass is 508 g/mol. The van der Waals surface area contributed by atoms with Crippen LogP contribution >= 0.6 is 0 Å². The van der Waals surface area contributed by atoms with Crippen LogP contribution in [0.5, 0.6) is 5.75 Å². The fourth-order valence-corrected chi connectivity index (χ4v) is 5.01. The highest BCUT2D eigenvalue weighted by Gasteiger charge is 2.35. The first-order chi connectivity index (χ1) is 18.0. The summed E-state index contributed by atoms with van der Waals surface area (Å²) < 4.78 is 11.4. The number of benzene rings is 1. The summed E-state index contributed by atoms with van der Waals surface area (Å²) in [6.45, 7) is 2.49. The van der Waals surface area contributed by atoms with Gasteiger partial charge in [0.2, 0.25) is 17.6 Å². The van der Waals surface area contributed by atoms with Crippen molar-refractivity contribution >= 4 is 11.8 Å². The van der Waals surface area contributed by atoms with Crippen LogP contribution in [0.3, 0.4) is 0 Å². The number of nitrogens with one attached hydrogen (secondary N) is 1. The number of aromatic nitrogens is 4. The van der Waals surface area contributed by atoms with E-state index in [1.54, 1.807) is 29.2 Å². The number of phenols is 1. The van der Waals surface area contributed by atoms with Gasteiger partial charge in [-0.25, -0.2) is 0 Å². The number of carbonyl (C=O) groups excluding carboxylic acids is 2. The highest BCUT2D eigenvalue weighted by molar-refractivity contribution is 5.89. The lowest BCUT2D eigenvalue weighted by molar-refractivity contribution is -0.143. The van der Waals surface area contributed by atoms with Gasteiger partial charge in [0.1, 0.15) is 24.1 Å². The first-order valence-corrected chi connectivity index (χ1v) is 12.8. The smallest absolute Gasteiger partial charge is 0.247 e. The maximum Gasteiger partial charge on any atom is 0.247 e. The Bertz CT molecular complexity index is 1210. The molecule has 1 saturated heterocycles. The first kappa shape index (κ1) is 24.9. The van der Waals surface area contributed by atoms with E-state index in [1.807, 2.05) is 6.92 Å². The molecule has 196 valence electrons. The molecule has 3 aromatic rings. The molecule has 2 fully saturated rings. The molecule has 0 unspecified atom stereocenters. The highest BCUT2D eigenvalue weighted by Crippen LogP contribution is 2.28. The fourth-order valence-electron chi connectivity index (χ4n) is 5.01. The second-order valence-corrected chi connectivity index (χ2v) is 9.72. The molecule has 3 heterocycles. The van der Waals surface area contributed by atoms with Crippen LogP contribution in [0.15, 0.2) is 40.8 Å². The van der Waals surface area contributed by atoms with Gasteiger partial charge >= 0.3 is 0 Å². The summed E-state index contributed by atoms with van der Waals surface area (Å²) in [5.41, 5.74) is 0.609. The number of ether oxygens (including phenoxy) is 1. The summed E-state index contributed by atoms with van der Waals surface area (Å²) in [4.78, 5) is 30.2. The summed E-state index contributed by atoms with van der Waals surface area (Å²) in [5.74, 6) is 0.960. The molecule has 0 bridgehead atoms. The Kier molecular flexibility index (Phi) is 7.50. The quantitative estimate of drug-likeness (QED) is 0.450. The minimum absolute atomic E-state index is 0.0862. The second kappa shape index (κ2) is 11.1. The van der Waals surface area contributed by atoms with Crippen molar-refractivity contribution in [2.45, 2.75) is 70.2 Å². The number of tetrazole rings is 1. The molecule has 1 saturated carbocycles. The van der Waals surface area contributed by atoms with Gasteiger partial charge in [-0.05, 0) is 67.6 Å². The van der Waals surface area contributed by atoms with Gasteiger partial charge in [0.05, 0.1) is 6.10 Å². The maximum atomic E-state index is 13.8. The molecule has 1 aliphatic heterocycles. The predicted octanol–water partition coefficient (Wildman–Crippen LogP) is 2.75. The Morgan fingerprint density at radius 3 is 2.59 bits per heavy atom.